The number of allylic oxidation sites excluding steroid dienone is 1. The van der Waals surface area contributed by atoms with E-state index in [2.05, 4.69) is 12.2 Å². The average molecular weight is 495 g/mol. The fourth-order valence-corrected chi connectivity index (χ4v) is 13.2. The minimum Gasteiger partial charge on any atom is -0.360 e. The smallest absolute Gasteiger partial charge is 0.183 e. The molecule has 8 atom stereocenters. The Hall–Kier alpha value is -2.22. The van der Waals surface area contributed by atoms with Crippen molar-refractivity contribution in [2.45, 2.75) is 51.8 Å². The van der Waals surface area contributed by atoms with Gasteiger partial charge in [0.1, 0.15) is 11.2 Å². The van der Waals surface area contributed by atoms with Gasteiger partial charge in [-0.25, -0.2) is 16.8 Å². The van der Waals surface area contributed by atoms with Crippen molar-refractivity contribution in [3.8, 4) is 0 Å². The van der Waals surface area contributed by atoms with Gasteiger partial charge in [-0.1, -0.05) is 59.7 Å². The van der Waals surface area contributed by atoms with Gasteiger partial charge in [-0.05, 0) is 44.5 Å². The van der Waals surface area contributed by atoms with Gasteiger partial charge in [-0.3, -0.25) is 0 Å². The minimum absolute atomic E-state index is 0.135. The number of benzene rings is 2. The molecule has 0 radical (unpaired) electrons. The minimum atomic E-state index is -3.96. The summed E-state index contributed by atoms with van der Waals surface area (Å²) in [5, 5.41) is -2.17. The molecule has 4 fully saturated rings. The van der Waals surface area contributed by atoms with E-state index in [1.165, 1.54) is 0 Å². The molecule has 4 bridgehead atoms. The number of hydrogen-bond donors (Lipinski definition) is 0. The van der Waals surface area contributed by atoms with Crippen molar-refractivity contribution in [1.82, 2.24) is 0 Å². The Morgan fingerprint density at radius 1 is 0.735 bits per heavy atom. The first-order chi connectivity index (χ1) is 16.2. The SMILES string of the molecule is CC(C)=C1[C@@H]2[C@H](S(=O)(=O)c3ccccc3)[C@H](S(=O)(=O)c3ccccc3)[C@H]1[C@]13O[C@]21[C@@H]1C=C[C@H]3C1. The van der Waals surface area contributed by atoms with E-state index in [4.69, 9.17) is 4.74 Å². The molecule has 1 heterocycles. The van der Waals surface area contributed by atoms with Gasteiger partial charge >= 0.3 is 0 Å². The summed E-state index contributed by atoms with van der Waals surface area (Å²) in [5.74, 6) is -0.654. The highest BCUT2D eigenvalue weighted by Gasteiger charge is 2.96. The largest absolute Gasteiger partial charge is 0.360 e. The molecule has 5 aliphatic rings. The lowest BCUT2D eigenvalue weighted by atomic mass is 9.73. The van der Waals surface area contributed by atoms with E-state index in [1.807, 2.05) is 13.8 Å². The molecule has 1 saturated heterocycles. The maximum atomic E-state index is 14.3. The third-order valence-electron chi connectivity index (χ3n) is 9.10. The van der Waals surface area contributed by atoms with Crippen LogP contribution in [-0.4, -0.2) is 38.5 Å². The lowest BCUT2D eigenvalue weighted by Crippen LogP contribution is -2.54. The highest BCUT2D eigenvalue weighted by Crippen LogP contribution is 2.85. The summed E-state index contributed by atoms with van der Waals surface area (Å²) in [6, 6.07) is 16.6. The maximum absolute atomic E-state index is 14.3. The highest BCUT2D eigenvalue weighted by molar-refractivity contribution is 7.96. The molecule has 1 aliphatic heterocycles. The van der Waals surface area contributed by atoms with E-state index in [0.29, 0.717) is 0 Å². The third-order valence-corrected chi connectivity index (χ3v) is 13.7. The summed E-state index contributed by atoms with van der Waals surface area (Å²) < 4.78 is 63.7. The molecule has 176 valence electrons. The molecule has 0 N–H and O–H groups in total. The third kappa shape index (κ3) is 2.12. The summed E-state index contributed by atoms with van der Waals surface area (Å²) in [6.07, 6.45) is 5.26. The van der Waals surface area contributed by atoms with Crippen LogP contribution >= 0.6 is 0 Å². The Morgan fingerprint density at radius 3 is 1.53 bits per heavy atom. The Balaban J connectivity index is 1.52. The Bertz CT molecular complexity index is 1380. The van der Waals surface area contributed by atoms with Crippen LogP contribution in [0.2, 0.25) is 0 Å². The molecule has 0 aromatic heterocycles. The van der Waals surface area contributed by atoms with Crippen molar-refractivity contribution >= 4 is 19.7 Å². The van der Waals surface area contributed by atoms with Gasteiger partial charge in [0.15, 0.2) is 19.7 Å². The van der Waals surface area contributed by atoms with Crippen LogP contribution in [0.5, 0.6) is 0 Å². The monoisotopic (exact) mass is 494 g/mol. The number of epoxide rings is 1. The quantitative estimate of drug-likeness (QED) is 0.474. The molecule has 4 aliphatic carbocycles. The van der Waals surface area contributed by atoms with Crippen LogP contribution in [0.1, 0.15) is 20.3 Å². The normalized spacial score (nSPS) is 40.9. The maximum Gasteiger partial charge on any atom is 0.183 e. The molecule has 0 amide bonds. The van der Waals surface area contributed by atoms with Crippen molar-refractivity contribution < 1.29 is 21.6 Å². The second kappa shape index (κ2) is 6.31. The van der Waals surface area contributed by atoms with Crippen LogP contribution in [0.25, 0.3) is 0 Å². The van der Waals surface area contributed by atoms with Crippen molar-refractivity contribution in [2.24, 2.45) is 23.7 Å². The topological polar surface area (TPSA) is 80.8 Å². The van der Waals surface area contributed by atoms with Crippen LogP contribution in [0.3, 0.4) is 0 Å². The van der Waals surface area contributed by atoms with Crippen LogP contribution in [0.4, 0.5) is 0 Å². The lowest BCUT2D eigenvalue weighted by molar-refractivity contribution is 0.123. The number of hydrogen-bond acceptors (Lipinski definition) is 5. The van der Waals surface area contributed by atoms with E-state index >= 15 is 0 Å². The van der Waals surface area contributed by atoms with Gasteiger partial charge in [-0.2, -0.15) is 0 Å². The Kier molecular flexibility index (Phi) is 3.91. The van der Waals surface area contributed by atoms with Gasteiger partial charge in [0.25, 0.3) is 0 Å². The van der Waals surface area contributed by atoms with Crippen LogP contribution in [0, 0.1) is 23.7 Å². The average Bonchev–Trinajstić information content (AvgIpc) is 3.16. The first kappa shape index (κ1) is 21.1. The molecular weight excluding hydrogens is 468 g/mol. The van der Waals surface area contributed by atoms with Crippen LogP contribution < -0.4 is 0 Å². The van der Waals surface area contributed by atoms with E-state index < -0.39 is 53.2 Å². The summed E-state index contributed by atoms with van der Waals surface area (Å²) >= 11 is 0. The zero-order chi connectivity index (χ0) is 23.7. The zero-order valence-electron chi connectivity index (χ0n) is 19.0. The molecular formula is C27H26O5S2. The molecule has 7 rings (SSSR count). The zero-order valence-corrected chi connectivity index (χ0v) is 20.6. The van der Waals surface area contributed by atoms with E-state index in [1.54, 1.807) is 60.7 Å². The van der Waals surface area contributed by atoms with Gasteiger partial charge in [-0.15, -0.1) is 0 Å². The fraction of sp³-hybridized carbons (Fsp3) is 0.407. The van der Waals surface area contributed by atoms with Gasteiger partial charge in [0, 0.05) is 23.7 Å². The molecule has 7 heteroatoms. The second-order valence-electron chi connectivity index (χ2n) is 10.6. The Labute approximate surface area is 200 Å². The standard InChI is InChI=1S/C27H26O5S2/c1-16(2)21-22-24(33(28,29)19-9-5-3-6-10-19)25(34(30,31)20-11-7-4-8-12-20)23(21)27-18-14-13-17(15-18)26(22,27)32-27/h3-14,17-18,22-25H,15H2,1-2H3/t17-,18+,22-,23+,24+,25-,26-,27+. The lowest BCUT2D eigenvalue weighted by Gasteiger charge is -2.36. The molecule has 34 heavy (non-hydrogen) atoms. The molecule has 3 saturated carbocycles. The van der Waals surface area contributed by atoms with Crippen molar-refractivity contribution in [1.29, 1.82) is 0 Å². The van der Waals surface area contributed by atoms with Crippen molar-refractivity contribution in [3.63, 3.8) is 0 Å². The Morgan fingerprint density at radius 2 is 1.15 bits per heavy atom. The van der Waals surface area contributed by atoms with E-state index in [0.717, 1.165) is 17.6 Å². The number of sulfone groups is 2. The first-order valence-corrected chi connectivity index (χ1v) is 14.9. The summed E-state index contributed by atoms with van der Waals surface area (Å²) in [5.41, 5.74) is 0.821. The highest BCUT2D eigenvalue weighted by atomic mass is 32.2. The van der Waals surface area contributed by atoms with E-state index in [9.17, 15) is 16.8 Å². The molecule has 0 unspecified atom stereocenters. The summed E-state index contributed by atoms with van der Waals surface area (Å²) in [7, 11) is -7.93. The summed E-state index contributed by atoms with van der Waals surface area (Å²) in [6.45, 7) is 3.98. The first-order valence-electron chi connectivity index (χ1n) is 11.8. The van der Waals surface area contributed by atoms with Crippen molar-refractivity contribution in [2.75, 3.05) is 0 Å². The van der Waals surface area contributed by atoms with Gasteiger partial charge in [0.05, 0.1) is 20.3 Å². The van der Waals surface area contributed by atoms with Crippen molar-refractivity contribution in [3.05, 3.63) is 84.0 Å². The predicted octanol–water partition coefficient (Wildman–Crippen LogP) is 3.98. The molecule has 5 nitrogen and oxygen atoms in total. The van der Waals surface area contributed by atoms with Gasteiger partial charge in [0.2, 0.25) is 0 Å². The van der Waals surface area contributed by atoms with Crippen LogP contribution in [-0.2, 0) is 24.4 Å². The van der Waals surface area contributed by atoms with Gasteiger partial charge < -0.3 is 4.74 Å². The van der Waals surface area contributed by atoms with Crippen LogP contribution in [0.15, 0.2) is 93.8 Å². The number of fused-ring (bicyclic) bond motifs is 4. The number of ether oxygens (including phenoxy) is 1. The molecule has 2 aromatic carbocycles. The van der Waals surface area contributed by atoms with E-state index in [-0.39, 0.29) is 21.6 Å². The summed E-state index contributed by atoms with van der Waals surface area (Å²) in [4.78, 5) is 0.352. The fourth-order valence-electron chi connectivity index (χ4n) is 8.14. The second-order valence-corrected chi connectivity index (χ2v) is 14.8. The number of rotatable bonds is 4. The molecule has 0 spiro atoms. The predicted molar refractivity (Wildman–Crippen MR) is 127 cm³/mol. The molecule has 2 aromatic rings.